The Bertz CT molecular complexity index is 999. The molecule has 150 valence electrons. The monoisotopic (exact) mass is 427 g/mol. The lowest BCUT2D eigenvalue weighted by Gasteiger charge is -2.36. The number of anilines is 1. The minimum Gasteiger partial charge on any atom is -0.366 e. The van der Waals surface area contributed by atoms with E-state index in [1.54, 1.807) is 35.2 Å². The summed E-state index contributed by atoms with van der Waals surface area (Å²) < 4.78 is 14.0. The van der Waals surface area contributed by atoms with Gasteiger partial charge < -0.3 is 9.80 Å². The lowest BCUT2D eigenvalue weighted by molar-refractivity contribution is 0.0743. The molecule has 7 heteroatoms. The van der Waals surface area contributed by atoms with Gasteiger partial charge in [0, 0.05) is 42.2 Å². The van der Waals surface area contributed by atoms with E-state index in [1.807, 2.05) is 47.1 Å². The predicted octanol–water partition coefficient (Wildman–Crippen LogP) is 4.85. The summed E-state index contributed by atoms with van der Waals surface area (Å²) in [5.41, 5.74) is 2.37. The molecule has 0 spiro atoms. The summed E-state index contributed by atoms with van der Waals surface area (Å²) in [5, 5.41) is 3.12. The fraction of sp³-hybridized carbons (Fsp3) is 0.273. The number of para-hydroxylation sites is 1. The molecule has 2 aromatic carbocycles. The van der Waals surface area contributed by atoms with E-state index < -0.39 is 0 Å². The smallest absolute Gasteiger partial charge is 0.255 e. The van der Waals surface area contributed by atoms with Gasteiger partial charge in [-0.3, -0.25) is 4.79 Å². The van der Waals surface area contributed by atoms with Crippen molar-refractivity contribution in [2.24, 2.45) is 0 Å². The number of hydrogen-bond acceptors (Lipinski definition) is 5. The standard InChI is InChI=1S/C22H22FN3OS2/c1-16-24-17(14-28-16)15-29-21-9-5-2-6-18(21)22(27)26-12-10-25(11-13-26)20-8-4-3-7-19(20)23/h2-9,14H,10-13,15H2,1H3. The van der Waals surface area contributed by atoms with Gasteiger partial charge in [-0.2, -0.15) is 0 Å². The lowest BCUT2D eigenvalue weighted by atomic mass is 10.1. The summed E-state index contributed by atoms with van der Waals surface area (Å²) in [6.07, 6.45) is 0. The average Bonchev–Trinajstić information content (AvgIpc) is 3.18. The summed E-state index contributed by atoms with van der Waals surface area (Å²) >= 11 is 3.28. The van der Waals surface area contributed by atoms with Crippen LogP contribution in [-0.4, -0.2) is 42.0 Å². The number of carbonyl (C=O) groups excluding carboxylic acids is 1. The number of benzene rings is 2. The van der Waals surface area contributed by atoms with Crippen LogP contribution in [0.2, 0.25) is 0 Å². The Morgan fingerprint density at radius 2 is 1.83 bits per heavy atom. The van der Waals surface area contributed by atoms with Crippen molar-refractivity contribution in [2.75, 3.05) is 31.1 Å². The zero-order valence-corrected chi connectivity index (χ0v) is 17.8. The van der Waals surface area contributed by atoms with Gasteiger partial charge in [0.2, 0.25) is 0 Å². The summed E-state index contributed by atoms with van der Waals surface area (Å²) in [7, 11) is 0. The molecule has 1 aliphatic heterocycles. The van der Waals surface area contributed by atoms with Crippen LogP contribution < -0.4 is 4.90 Å². The van der Waals surface area contributed by atoms with Gasteiger partial charge in [0.25, 0.3) is 5.91 Å². The number of carbonyl (C=O) groups is 1. The Labute approximate surface area is 178 Å². The van der Waals surface area contributed by atoms with Gasteiger partial charge in [-0.05, 0) is 31.2 Å². The molecule has 3 aromatic rings. The molecule has 29 heavy (non-hydrogen) atoms. The third-order valence-corrected chi connectivity index (χ3v) is 6.85. The van der Waals surface area contributed by atoms with Crippen molar-refractivity contribution in [1.82, 2.24) is 9.88 Å². The average molecular weight is 428 g/mol. The van der Waals surface area contributed by atoms with Crippen LogP contribution in [0.3, 0.4) is 0 Å². The molecule has 1 aromatic heterocycles. The van der Waals surface area contributed by atoms with Crippen LogP contribution in [0.15, 0.2) is 58.8 Å². The Hall–Kier alpha value is -2.38. The van der Waals surface area contributed by atoms with Crippen molar-refractivity contribution in [1.29, 1.82) is 0 Å². The molecular weight excluding hydrogens is 405 g/mol. The number of aryl methyl sites for hydroxylation is 1. The van der Waals surface area contributed by atoms with E-state index in [0.29, 0.717) is 31.9 Å². The molecule has 1 saturated heterocycles. The van der Waals surface area contributed by atoms with Gasteiger partial charge >= 0.3 is 0 Å². The van der Waals surface area contributed by atoms with Gasteiger partial charge in [0.1, 0.15) is 5.82 Å². The number of hydrogen-bond donors (Lipinski definition) is 0. The van der Waals surface area contributed by atoms with Gasteiger partial charge in [-0.15, -0.1) is 23.1 Å². The van der Waals surface area contributed by atoms with Gasteiger partial charge in [0.15, 0.2) is 0 Å². The minimum atomic E-state index is -0.216. The first-order valence-electron chi connectivity index (χ1n) is 9.53. The highest BCUT2D eigenvalue weighted by molar-refractivity contribution is 7.98. The van der Waals surface area contributed by atoms with E-state index in [-0.39, 0.29) is 11.7 Å². The van der Waals surface area contributed by atoms with Crippen molar-refractivity contribution < 1.29 is 9.18 Å². The maximum Gasteiger partial charge on any atom is 0.255 e. The highest BCUT2D eigenvalue weighted by atomic mass is 32.2. The van der Waals surface area contributed by atoms with Crippen molar-refractivity contribution in [2.45, 2.75) is 17.6 Å². The van der Waals surface area contributed by atoms with Crippen molar-refractivity contribution >= 4 is 34.7 Å². The predicted molar refractivity (Wildman–Crippen MR) is 117 cm³/mol. The quantitative estimate of drug-likeness (QED) is 0.546. The molecule has 1 aliphatic rings. The Kier molecular flexibility index (Phi) is 6.16. The molecule has 0 unspecified atom stereocenters. The first-order valence-corrected chi connectivity index (χ1v) is 11.4. The molecule has 4 nitrogen and oxygen atoms in total. The van der Waals surface area contributed by atoms with E-state index in [1.165, 1.54) is 6.07 Å². The summed E-state index contributed by atoms with van der Waals surface area (Å²) in [6, 6.07) is 14.5. The van der Waals surface area contributed by atoms with Crippen LogP contribution in [0, 0.1) is 12.7 Å². The highest BCUT2D eigenvalue weighted by Crippen LogP contribution is 2.28. The van der Waals surface area contributed by atoms with E-state index in [9.17, 15) is 9.18 Å². The lowest BCUT2D eigenvalue weighted by Crippen LogP contribution is -2.49. The highest BCUT2D eigenvalue weighted by Gasteiger charge is 2.25. The third-order valence-electron chi connectivity index (χ3n) is 4.92. The van der Waals surface area contributed by atoms with Crippen LogP contribution in [0.25, 0.3) is 0 Å². The minimum absolute atomic E-state index is 0.0377. The first-order chi connectivity index (χ1) is 14.1. The number of nitrogens with zero attached hydrogens (tertiary/aromatic N) is 3. The van der Waals surface area contributed by atoms with E-state index in [0.717, 1.165) is 26.9 Å². The van der Waals surface area contributed by atoms with Crippen LogP contribution >= 0.6 is 23.1 Å². The van der Waals surface area contributed by atoms with E-state index in [4.69, 9.17) is 0 Å². The fourth-order valence-electron chi connectivity index (χ4n) is 3.42. The summed E-state index contributed by atoms with van der Waals surface area (Å²) in [6.45, 7) is 4.41. The molecule has 1 fully saturated rings. The molecule has 0 saturated carbocycles. The summed E-state index contributed by atoms with van der Waals surface area (Å²) in [4.78, 5) is 22.5. The van der Waals surface area contributed by atoms with Gasteiger partial charge in [-0.1, -0.05) is 24.3 Å². The number of piperazine rings is 1. The van der Waals surface area contributed by atoms with E-state index in [2.05, 4.69) is 10.4 Å². The second kappa shape index (κ2) is 8.97. The Morgan fingerprint density at radius 1 is 1.10 bits per heavy atom. The van der Waals surface area contributed by atoms with Gasteiger partial charge in [-0.25, -0.2) is 9.37 Å². The Morgan fingerprint density at radius 3 is 2.55 bits per heavy atom. The molecule has 0 atom stereocenters. The maximum absolute atomic E-state index is 14.0. The van der Waals surface area contributed by atoms with Gasteiger partial charge in [0.05, 0.1) is 22.0 Å². The van der Waals surface area contributed by atoms with Crippen LogP contribution in [0.5, 0.6) is 0 Å². The SMILES string of the molecule is Cc1nc(CSc2ccccc2C(=O)N2CCN(c3ccccc3F)CC2)cs1. The maximum atomic E-state index is 14.0. The molecule has 4 rings (SSSR count). The molecule has 0 bridgehead atoms. The van der Waals surface area contributed by atoms with Crippen molar-refractivity contribution in [3.05, 3.63) is 76.0 Å². The number of amides is 1. The van der Waals surface area contributed by atoms with E-state index >= 15 is 0 Å². The number of halogens is 1. The largest absolute Gasteiger partial charge is 0.366 e. The number of thioether (sulfide) groups is 1. The van der Waals surface area contributed by atoms with Crippen molar-refractivity contribution in [3.63, 3.8) is 0 Å². The molecule has 1 amide bonds. The normalized spacial score (nSPS) is 14.3. The molecule has 0 radical (unpaired) electrons. The Balaban J connectivity index is 1.42. The third kappa shape index (κ3) is 4.62. The molecule has 0 aliphatic carbocycles. The molecular formula is C22H22FN3OS2. The number of aromatic nitrogens is 1. The molecule has 0 N–H and O–H groups in total. The van der Waals surface area contributed by atoms with Crippen LogP contribution in [-0.2, 0) is 5.75 Å². The fourth-order valence-corrected chi connectivity index (χ4v) is 5.08. The topological polar surface area (TPSA) is 36.4 Å². The van der Waals surface area contributed by atoms with Crippen LogP contribution in [0.4, 0.5) is 10.1 Å². The number of rotatable bonds is 5. The zero-order chi connectivity index (χ0) is 20.2. The van der Waals surface area contributed by atoms with Crippen LogP contribution in [0.1, 0.15) is 21.1 Å². The molecule has 2 heterocycles. The van der Waals surface area contributed by atoms with Crippen molar-refractivity contribution in [3.8, 4) is 0 Å². The second-order valence-corrected chi connectivity index (χ2v) is 8.95. The first kappa shape index (κ1) is 19.9. The number of thiazole rings is 1. The summed E-state index contributed by atoms with van der Waals surface area (Å²) in [5.74, 6) is 0.567. The second-order valence-electron chi connectivity index (χ2n) is 6.87. The zero-order valence-electron chi connectivity index (χ0n) is 16.2.